The van der Waals surface area contributed by atoms with E-state index in [0.717, 1.165) is 0 Å². The average Bonchev–Trinajstić information content (AvgIpc) is 2.45. The second-order valence-corrected chi connectivity index (χ2v) is 4.19. The number of carbonyl (C=O) groups excluding carboxylic acids is 1. The van der Waals surface area contributed by atoms with Gasteiger partial charge in [0.2, 0.25) is 5.91 Å². The molecule has 0 unspecified atom stereocenters. The van der Waals surface area contributed by atoms with Crippen molar-refractivity contribution in [2.45, 2.75) is 26.5 Å². The van der Waals surface area contributed by atoms with E-state index < -0.39 is 6.61 Å². The highest BCUT2D eigenvalue weighted by Gasteiger charge is 2.16. The molecule has 2 N–H and O–H groups in total. The van der Waals surface area contributed by atoms with Gasteiger partial charge in [0.15, 0.2) is 11.5 Å². The first-order valence-corrected chi connectivity index (χ1v) is 6.69. The van der Waals surface area contributed by atoms with E-state index in [1.807, 2.05) is 0 Å². The molecule has 1 aromatic rings. The van der Waals surface area contributed by atoms with Crippen molar-refractivity contribution in [2.24, 2.45) is 0 Å². The number of hydrogen-bond acceptors (Lipinski definition) is 4. The van der Waals surface area contributed by atoms with Crippen LogP contribution in [0, 0.1) is 0 Å². The third kappa shape index (κ3) is 5.95. The molecule has 0 aliphatic heterocycles. The van der Waals surface area contributed by atoms with Crippen LogP contribution in [0.3, 0.4) is 0 Å². The van der Waals surface area contributed by atoms with Crippen LogP contribution in [0.1, 0.15) is 18.9 Å². The van der Waals surface area contributed by atoms with E-state index in [1.54, 1.807) is 32.2 Å². The molecule has 5 nitrogen and oxygen atoms in total. The third-order valence-electron chi connectivity index (χ3n) is 2.65. The molecule has 0 saturated heterocycles. The molecule has 0 heterocycles. The van der Waals surface area contributed by atoms with Gasteiger partial charge in [-0.05, 0) is 20.0 Å². The first kappa shape index (κ1) is 17.2. The fourth-order valence-corrected chi connectivity index (χ4v) is 1.71. The highest BCUT2D eigenvalue weighted by atomic mass is 19.3. The molecule has 0 radical (unpaired) electrons. The topological polar surface area (TPSA) is 59.6 Å². The first-order valence-electron chi connectivity index (χ1n) is 6.69. The molecule has 0 bridgehead atoms. The molecule has 1 amide bonds. The summed E-state index contributed by atoms with van der Waals surface area (Å²) in [5.41, 5.74) is 0.444. The normalized spacial score (nSPS) is 10.5. The second kappa shape index (κ2) is 9.12. The van der Waals surface area contributed by atoms with Crippen LogP contribution in [-0.4, -0.2) is 32.7 Å². The maximum absolute atomic E-state index is 12.5. The van der Waals surface area contributed by atoms with Gasteiger partial charge in [0.1, 0.15) is 0 Å². The maximum atomic E-state index is 12.5. The highest BCUT2D eigenvalue weighted by Crippen LogP contribution is 2.32. The lowest BCUT2D eigenvalue weighted by Gasteiger charge is -2.15. The van der Waals surface area contributed by atoms with Gasteiger partial charge in [-0.2, -0.15) is 8.78 Å². The predicted molar refractivity (Wildman–Crippen MR) is 74.6 cm³/mol. The monoisotopic (exact) mass is 302 g/mol. The zero-order valence-electron chi connectivity index (χ0n) is 12.1. The van der Waals surface area contributed by atoms with E-state index in [-0.39, 0.29) is 24.0 Å². The Labute approximate surface area is 122 Å². The minimum atomic E-state index is -2.95. The Balaban J connectivity index is 2.79. The standard InChI is InChI=1S/C14H20F2N2O3/c1-3-20-11-6-4-5-10(13(11)21-14(15)16)9-18-12(19)7-8-17-2/h4-6,14,17H,3,7-9H2,1-2H3,(H,18,19). The van der Waals surface area contributed by atoms with Gasteiger partial charge in [0.05, 0.1) is 6.61 Å². The minimum Gasteiger partial charge on any atom is -0.490 e. The summed E-state index contributed by atoms with van der Waals surface area (Å²) in [6, 6.07) is 4.82. The number of carbonyl (C=O) groups is 1. The fourth-order valence-electron chi connectivity index (χ4n) is 1.71. The molecule has 0 aliphatic carbocycles. The van der Waals surface area contributed by atoms with Gasteiger partial charge in [0.25, 0.3) is 0 Å². The molecule has 0 atom stereocenters. The number of hydrogen-bond donors (Lipinski definition) is 2. The van der Waals surface area contributed by atoms with Crippen LogP contribution in [0.5, 0.6) is 11.5 Å². The number of amides is 1. The molecule has 0 aromatic heterocycles. The average molecular weight is 302 g/mol. The predicted octanol–water partition coefficient (Wildman–Crippen LogP) is 1.91. The number of rotatable bonds is 9. The summed E-state index contributed by atoms with van der Waals surface area (Å²) in [5, 5.41) is 5.51. The molecule has 1 rings (SSSR count). The number of para-hydroxylation sites is 1. The number of halogens is 2. The van der Waals surface area contributed by atoms with Gasteiger partial charge in [-0.15, -0.1) is 0 Å². The van der Waals surface area contributed by atoms with Crippen LogP contribution in [0.15, 0.2) is 18.2 Å². The van der Waals surface area contributed by atoms with E-state index in [2.05, 4.69) is 15.4 Å². The Hall–Kier alpha value is -1.89. The lowest BCUT2D eigenvalue weighted by atomic mass is 10.2. The number of ether oxygens (including phenoxy) is 2. The van der Waals surface area contributed by atoms with Crippen LogP contribution in [0.2, 0.25) is 0 Å². The molecule has 118 valence electrons. The smallest absolute Gasteiger partial charge is 0.387 e. The Morgan fingerprint density at radius 1 is 1.38 bits per heavy atom. The summed E-state index contributed by atoms with van der Waals surface area (Å²) in [6.07, 6.45) is 0.312. The Kier molecular flexibility index (Phi) is 7.45. The SMILES string of the molecule is CCOc1cccc(CNC(=O)CCNC)c1OC(F)F. The Morgan fingerprint density at radius 2 is 2.14 bits per heavy atom. The second-order valence-electron chi connectivity index (χ2n) is 4.19. The van der Waals surface area contributed by atoms with Crippen LogP contribution in [-0.2, 0) is 11.3 Å². The van der Waals surface area contributed by atoms with E-state index in [1.165, 1.54) is 0 Å². The van der Waals surface area contributed by atoms with Crippen LogP contribution < -0.4 is 20.1 Å². The van der Waals surface area contributed by atoms with E-state index in [0.29, 0.717) is 25.1 Å². The van der Waals surface area contributed by atoms with E-state index in [4.69, 9.17) is 4.74 Å². The quantitative estimate of drug-likeness (QED) is 0.731. The zero-order chi connectivity index (χ0) is 15.7. The van der Waals surface area contributed by atoms with E-state index in [9.17, 15) is 13.6 Å². The Bertz CT molecular complexity index is 456. The molecule has 0 fully saturated rings. The molecular weight excluding hydrogens is 282 g/mol. The van der Waals surface area contributed by atoms with Crippen LogP contribution in [0.25, 0.3) is 0 Å². The number of nitrogens with one attached hydrogen (secondary N) is 2. The maximum Gasteiger partial charge on any atom is 0.387 e. The van der Waals surface area contributed by atoms with Crippen molar-refractivity contribution in [1.82, 2.24) is 10.6 Å². The summed E-state index contributed by atoms with van der Waals surface area (Å²) in [6.45, 7) is -0.225. The van der Waals surface area contributed by atoms with Gasteiger partial charge in [-0.3, -0.25) is 4.79 Å². The van der Waals surface area contributed by atoms with E-state index >= 15 is 0 Å². The lowest BCUT2D eigenvalue weighted by molar-refractivity contribution is -0.121. The molecule has 1 aromatic carbocycles. The van der Waals surface area contributed by atoms with Gasteiger partial charge in [-0.1, -0.05) is 12.1 Å². The molecule has 0 saturated carbocycles. The molecule has 21 heavy (non-hydrogen) atoms. The largest absolute Gasteiger partial charge is 0.490 e. The van der Waals surface area contributed by atoms with Gasteiger partial charge < -0.3 is 20.1 Å². The van der Waals surface area contributed by atoms with Gasteiger partial charge in [0, 0.05) is 25.1 Å². The van der Waals surface area contributed by atoms with Crippen molar-refractivity contribution in [3.63, 3.8) is 0 Å². The van der Waals surface area contributed by atoms with Crippen LogP contribution in [0.4, 0.5) is 8.78 Å². The number of alkyl halides is 2. The van der Waals surface area contributed by atoms with Crippen molar-refractivity contribution >= 4 is 5.91 Å². The van der Waals surface area contributed by atoms with Crippen molar-refractivity contribution in [1.29, 1.82) is 0 Å². The lowest BCUT2D eigenvalue weighted by Crippen LogP contribution is -2.26. The van der Waals surface area contributed by atoms with Crippen molar-refractivity contribution < 1.29 is 23.0 Å². The third-order valence-corrected chi connectivity index (χ3v) is 2.65. The van der Waals surface area contributed by atoms with Crippen molar-refractivity contribution in [3.05, 3.63) is 23.8 Å². The van der Waals surface area contributed by atoms with Crippen molar-refractivity contribution in [2.75, 3.05) is 20.2 Å². The fraction of sp³-hybridized carbons (Fsp3) is 0.500. The summed E-state index contributed by atoms with van der Waals surface area (Å²) >= 11 is 0. The summed E-state index contributed by atoms with van der Waals surface area (Å²) in [4.78, 5) is 11.5. The molecule has 7 heteroatoms. The van der Waals surface area contributed by atoms with Crippen LogP contribution >= 0.6 is 0 Å². The zero-order valence-corrected chi connectivity index (χ0v) is 12.1. The Morgan fingerprint density at radius 3 is 2.76 bits per heavy atom. The van der Waals surface area contributed by atoms with Gasteiger partial charge in [-0.25, -0.2) is 0 Å². The minimum absolute atomic E-state index is 0.0386. The highest BCUT2D eigenvalue weighted by molar-refractivity contribution is 5.76. The van der Waals surface area contributed by atoms with Crippen molar-refractivity contribution in [3.8, 4) is 11.5 Å². The first-order chi connectivity index (χ1) is 10.1. The molecular formula is C14H20F2N2O3. The molecule has 0 spiro atoms. The summed E-state index contributed by atoms with van der Waals surface area (Å²) in [7, 11) is 1.74. The molecule has 0 aliphatic rings. The number of benzene rings is 1. The summed E-state index contributed by atoms with van der Waals surface area (Å²) in [5.74, 6) is 0.0252. The van der Waals surface area contributed by atoms with Gasteiger partial charge >= 0.3 is 6.61 Å². The summed E-state index contributed by atoms with van der Waals surface area (Å²) < 4.78 is 34.8.